The summed E-state index contributed by atoms with van der Waals surface area (Å²) < 4.78 is 15.8. The maximum absolute atomic E-state index is 11.0. The lowest BCUT2D eigenvalue weighted by Crippen LogP contribution is -2.20. The second-order valence-electron chi connectivity index (χ2n) is 4.93. The lowest BCUT2D eigenvalue weighted by molar-refractivity contribution is 0.0522. The Kier molecular flexibility index (Phi) is 3.99. The highest BCUT2D eigenvalue weighted by atomic mass is 31.2. The first-order valence-electron chi connectivity index (χ1n) is 5.12. The molecule has 0 aliphatic rings. The Morgan fingerprint density at radius 1 is 1.18 bits per heavy atom. The molecule has 0 saturated carbocycles. The molecule has 1 aromatic carbocycles. The number of benzene rings is 1. The molecule has 0 fully saturated rings. The van der Waals surface area contributed by atoms with Gasteiger partial charge in [0, 0.05) is 0 Å². The normalized spacial score (nSPS) is 14.6. The molecule has 5 nitrogen and oxygen atoms in total. The highest BCUT2D eigenvalue weighted by Gasteiger charge is 2.33. The molecule has 6 heteroatoms. The maximum Gasteiger partial charge on any atom is 0.470 e. The van der Waals surface area contributed by atoms with Crippen molar-refractivity contribution in [2.24, 2.45) is 5.41 Å². The van der Waals surface area contributed by atoms with E-state index in [1.165, 1.54) is 12.1 Å². The van der Waals surface area contributed by atoms with Gasteiger partial charge in [0.05, 0.1) is 6.10 Å². The van der Waals surface area contributed by atoms with Gasteiger partial charge in [-0.2, -0.15) is 0 Å². The van der Waals surface area contributed by atoms with Crippen molar-refractivity contribution in [2.75, 3.05) is 0 Å². The molecule has 0 aliphatic carbocycles. The van der Waals surface area contributed by atoms with Crippen molar-refractivity contribution in [3.05, 3.63) is 29.8 Å². The van der Waals surface area contributed by atoms with Gasteiger partial charge in [-0.1, -0.05) is 32.9 Å². The van der Waals surface area contributed by atoms with Gasteiger partial charge in [0.15, 0.2) is 0 Å². The SMILES string of the molecule is CC(C)(C)C(OP(=O)(O)O)c1ccc(O)cc1. The van der Waals surface area contributed by atoms with Gasteiger partial charge < -0.3 is 14.9 Å². The summed E-state index contributed by atoms with van der Waals surface area (Å²) in [6.45, 7) is 5.46. The molecular formula is C11H17O5P. The minimum Gasteiger partial charge on any atom is -0.508 e. The predicted molar refractivity (Wildman–Crippen MR) is 63.4 cm³/mol. The maximum atomic E-state index is 11.0. The first kappa shape index (κ1) is 14.2. The molecule has 1 unspecified atom stereocenters. The zero-order valence-corrected chi connectivity index (χ0v) is 10.9. The minimum atomic E-state index is -4.56. The van der Waals surface area contributed by atoms with Crippen molar-refractivity contribution >= 4 is 7.82 Å². The Labute approximate surface area is 100 Å². The molecular weight excluding hydrogens is 243 g/mol. The van der Waals surface area contributed by atoms with Crippen LogP contribution in [0.2, 0.25) is 0 Å². The van der Waals surface area contributed by atoms with E-state index < -0.39 is 19.3 Å². The van der Waals surface area contributed by atoms with Crippen LogP contribution in [0.5, 0.6) is 5.75 Å². The third kappa shape index (κ3) is 4.48. The molecule has 3 N–H and O–H groups in total. The van der Waals surface area contributed by atoms with Gasteiger partial charge in [0.2, 0.25) is 0 Å². The number of phenols is 1. The summed E-state index contributed by atoms with van der Waals surface area (Å²) in [5, 5.41) is 9.18. The molecule has 0 spiro atoms. The summed E-state index contributed by atoms with van der Waals surface area (Å²) in [4.78, 5) is 17.8. The monoisotopic (exact) mass is 260 g/mol. The number of phosphoric ester groups is 1. The highest BCUT2D eigenvalue weighted by Crippen LogP contribution is 2.48. The van der Waals surface area contributed by atoms with Crippen LogP contribution in [0.1, 0.15) is 32.4 Å². The standard InChI is InChI=1S/C11H17O5P/c1-11(2,3)10(16-17(13,14)15)8-4-6-9(12)7-5-8/h4-7,10,12H,1-3H3,(H2,13,14,15). The minimum absolute atomic E-state index is 0.0950. The summed E-state index contributed by atoms with van der Waals surface area (Å²) in [5.41, 5.74) is 0.136. The summed E-state index contributed by atoms with van der Waals surface area (Å²) >= 11 is 0. The lowest BCUT2D eigenvalue weighted by Gasteiger charge is -2.30. The molecule has 0 radical (unpaired) electrons. The zero-order valence-electron chi connectivity index (χ0n) is 9.99. The summed E-state index contributed by atoms with van der Waals surface area (Å²) in [6.07, 6.45) is -0.746. The van der Waals surface area contributed by atoms with Crippen molar-refractivity contribution in [1.29, 1.82) is 0 Å². The lowest BCUT2D eigenvalue weighted by atomic mass is 9.85. The zero-order chi connectivity index (χ0) is 13.3. The van der Waals surface area contributed by atoms with Crippen LogP contribution in [-0.4, -0.2) is 14.9 Å². The Balaban J connectivity index is 3.07. The van der Waals surface area contributed by atoms with Crippen LogP contribution in [0.15, 0.2) is 24.3 Å². The molecule has 0 amide bonds. The smallest absolute Gasteiger partial charge is 0.470 e. The molecule has 0 aliphatic heterocycles. The van der Waals surface area contributed by atoms with Crippen LogP contribution >= 0.6 is 7.82 Å². The van der Waals surface area contributed by atoms with E-state index in [4.69, 9.17) is 14.3 Å². The molecule has 1 aromatic rings. The number of hydrogen-bond donors (Lipinski definition) is 3. The molecule has 1 atom stereocenters. The molecule has 17 heavy (non-hydrogen) atoms. The van der Waals surface area contributed by atoms with E-state index >= 15 is 0 Å². The van der Waals surface area contributed by atoms with E-state index in [1.807, 2.05) is 20.8 Å². The summed E-state index contributed by atoms with van der Waals surface area (Å²) in [5.74, 6) is 0.0950. The van der Waals surface area contributed by atoms with E-state index in [0.717, 1.165) is 0 Å². The highest BCUT2D eigenvalue weighted by molar-refractivity contribution is 7.46. The van der Waals surface area contributed by atoms with Crippen LogP contribution in [0, 0.1) is 5.41 Å². The molecule has 0 saturated heterocycles. The average molecular weight is 260 g/mol. The quantitative estimate of drug-likeness (QED) is 0.727. The first-order valence-corrected chi connectivity index (χ1v) is 6.65. The Bertz CT molecular complexity index is 414. The van der Waals surface area contributed by atoms with E-state index in [9.17, 15) is 9.67 Å². The van der Waals surface area contributed by atoms with Crippen LogP contribution in [-0.2, 0) is 9.09 Å². The fraction of sp³-hybridized carbons (Fsp3) is 0.455. The third-order valence-electron chi connectivity index (χ3n) is 2.23. The first-order chi connectivity index (χ1) is 7.59. The largest absolute Gasteiger partial charge is 0.508 e. The van der Waals surface area contributed by atoms with Gasteiger partial charge in [-0.15, -0.1) is 0 Å². The topological polar surface area (TPSA) is 87.0 Å². The van der Waals surface area contributed by atoms with Gasteiger partial charge in [0.25, 0.3) is 0 Å². The number of aromatic hydroxyl groups is 1. The fourth-order valence-corrected chi connectivity index (χ4v) is 2.22. The van der Waals surface area contributed by atoms with Gasteiger partial charge >= 0.3 is 7.82 Å². The third-order valence-corrected chi connectivity index (χ3v) is 2.71. The second-order valence-corrected chi connectivity index (χ2v) is 6.13. The number of phosphoric acid groups is 1. The van der Waals surface area contributed by atoms with Crippen molar-refractivity contribution in [3.63, 3.8) is 0 Å². The second kappa shape index (κ2) is 4.78. The average Bonchev–Trinajstić information content (AvgIpc) is 2.13. The van der Waals surface area contributed by atoms with Crippen LogP contribution < -0.4 is 0 Å². The Morgan fingerprint density at radius 3 is 2.00 bits per heavy atom. The molecule has 0 heterocycles. The van der Waals surface area contributed by atoms with Crippen molar-refractivity contribution < 1.29 is 24.0 Å². The number of hydrogen-bond acceptors (Lipinski definition) is 3. The van der Waals surface area contributed by atoms with E-state index in [2.05, 4.69) is 0 Å². The van der Waals surface area contributed by atoms with E-state index in [1.54, 1.807) is 12.1 Å². The van der Waals surface area contributed by atoms with Gasteiger partial charge in [-0.25, -0.2) is 4.57 Å². The number of rotatable bonds is 3. The van der Waals surface area contributed by atoms with Crippen molar-refractivity contribution in [3.8, 4) is 5.75 Å². The van der Waals surface area contributed by atoms with Crippen LogP contribution in [0.4, 0.5) is 0 Å². The van der Waals surface area contributed by atoms with Gasteiger partial charge in [0.1, 0.15) is 5.75 Å². The van der Waals surface area contributed by atoms with E-state index in [0.29, 0.717) is 5.56 Å². The van der Waals surface area contributed by atoms with E-state index in [-0.39, 0.29) is 5.75 Å². The Morgan fingerprint density at radius 2 is 1.65 bits per heavy atom. The molecule has 0 bridgehead atoms. The van der Waals surface area contributed by atoms with Crippen molar-refractivity contribution in [1.82, 2.24) is 0 Å². The van der Waals surface area contributed by atoms with Crippen molar-refractivity contribution in [2.45, 2.75) is 26.9 Å². The Hall–Kier alpha value is -0.870. The molecule has 0 aromatic heterocycles. The predicted octanol–water partition coefficient (Wildman–Crippen LogP) is 2.59. The summed E-state index contributed by atoms with van der Waals surface area (Å²) in [6, 6.07) is 6.08. The van der Waals surface area contributed by atoms with Gasteiger partial charge in [-0.05, 0) is 23.1 Å². The molecule has 96 valence electrons. The number of phenolic OH excluding ortho intramolecular Hbond substituents is 1. The van der Waals surface area contributed by atoms with Gasteiger partial charge in [-0.3, -0.25) is 4.52 Å². The fourth-order valence-electron chi connectivity index (χ4n) is 1.51. The molecule has 1 rings (SSSR count). The van der Waals surface area contributed by atoms with Crippen LogP contribution in [0.3, 0.4) is 0 Å². The van der Waals surface area contributed by atoms with Crippen LogP contribution in [0.25, 0.3) is 0 Å². The summed E-state index contributed by atoms with van der Waals surface area (Å²) in [7, 11) is -4.56.